The van der Waals surface area contributed by atoms with Crippen LogP contribution < -0.4 is 5.32 Å². The van der Waals surface area contributed by atoms with Crippen molar-refractivity contribution in [1.29, 1.82) is 0 Å². The number of amides is 1. The second kappa shape index (κ2) is 6.08. The molecule has 0 rings (SSSR count). The first-order chi connectivity index (χ1) is 7.13. The van der Waals surface area contributed by atoms with E-state index >= 15 is 0 Å². The number of ether oxygens (including phenoxy) is 1. The molecular weight excluding hydrogens is 223 g/mol. The predicted molar refractivity (Wildman–Crippen MR) is 53.9 cm³/mol. The summed E-state index contributed by atoms with van der Waals surface area (Å²) in [7, 11) is 0. The first-order valence-corrected chi connectivity index (χ1v) is 5.12. The van der Waals surface area contributed by atoms with Crippen molar-refractivity contribution in [3.63, 3.8) is 0 Å². The van der Waals surface area contributed by atoms with Crippen molar-refractivity contribution < 1.29 is 22.7 Å². The zero-order valence-corrected chi connectivity index (χ0v) is 9.89. The highest BCUT2D eigenvalue weighted by Crippen LogP contribution is 2.15. The number of alkyl halides is 3. The molecule has 2 atom stereocenters. The Morgan fingerprint density at radius 1 is 1.25 bits per heavy atom. The van der Waals surface area contributed by atoms with E-state index < -0.39 is 24.8 Å². The molecule has 0 heterocycles. The van der Waals surface area contributed by atoms with E-state index in [-0.39, 0.29) is 12.0 Å². The summed E-state index contributed by atoms with van der Waals surface area (Å²) in [5, 5.41) is 2.58. The molecule has 0 spiro atoms. The predicted octanol–water partition coefficient (Wildman–Crippen LogP) is 2.11. The number of hydrogen-bond acceptors (Lipinski definition) is 2. The van der Waals surface area contributed by atoms with Crippen LogP contribution in [0.4, 0.5) is 13.2 Å². The minimum Gasteiger partial charge on any atom is -0.359 e. The van der Waals surface area contributed by atoms with Gasteiger partial charge in [-0.25, -0.2) is 0 Å². The van der Waals surface area contributed by atoms with Gasteiger partial charge in [-0.1, -0.05) is 13.8 Å². The van der Waals surface area contributed by atoms with Crippen LogP contribution in [0.25, 0.3) is 0 Å². The summed E-state index contributed by atoms with van der Waals surface area (Å²) in [6.07, 6.45) is -5.50. The van der Waals surface area contributed by atoms with Crippen molar-refractivity contribution in [2.75, 3.05) is 6.61 Å². The van der Waals surface area contributed by atoms with E-state index in [4.69, 9.17) is 0 Å². The molecule has 0 aromatic rings. The normalized spacial score (nSPS) is 16.0. The molecule has 0 saturated heterocycles. The molecule has 0 radical (unpaired) electrons. The van der Waals surface area contributed by atoms with Crippen molar-refractivity contribution in [3.8, 4) is 0 Å². The fourth-order valence-electron chi connectivity index (χ4n) is 0.804. The third-order valence-corrected chi connectivity index (χ3v) is 2.24. The lowest BCUT2D eigenvalue weighted by molar-refractivity contribution is -0.185. The van der Waals surface area contributed by atoms with Gasteiger partial charge in [0.05, 0.1) is 0 Å². The molecule has 3 nitrogen and oxygen atoms in total. The summed E-state index contributed by atoms with van der Waals surface area (Å²) in [5.74, 6) is -0.302. The Kier molecular flexibility index (Phi) is 5.78. The van der Waals surface area contributed by atoms with Crippen LogP contribution in [0.3, 0.4) is 0 Å². The first-order valence-electron chi connectivity index (χ1n) is 5.12. The number of rotatable bonds is 5. The highest BCUT2D eigenvalue weighted by molar-refractivity contribution is 5.80. The summed E-state index contributed by atoms with van der Waals surface area (Å²) in [6, 6.07) is -0.0931. The Bertz CT molecular complexity index is 229. The SMILES string of the molecule is CC(OCC(F)(F)F)C(=O)NC(C)C(C)C. The summed E-state index contributed by atoms with van der Waals surface area (Å²) in [4.78, 5) is 11.4. The molecule has 0 aromatic heterocycles. The molecule has 1 amide bonds. The van der Waals surface area contributed by atoms with E-state index in [2.05, 4.69) is 10.1 Å². The summed E-state index contributed by atoms with van der Waals surface area (Å²) in [6.45, 7) is 5.50. The highest BCUT2D eigenvalue weighted by Gasteiger charge is 2.30. The van der Waals surface area contributed by atoms with Crippen LogP contribution in [0.2, 0.25) is 0 Å². The van der Waals surface area contributed by atoms with Crippen LogP contribution in [0, 0.1) is 5.92 Å². The van der Waals surface area contributed by atoms with Gasteiger partial charge in [0.15, 0.2) is 0 Å². The van der Waals surface area contributed by atoms with Gasteiger partial charge in [0.1, 0.15) is 12.7 Å². The Morgan fingerprint density at radius 3 is 2.12 bits per heavy atom. The summed E-state index contributed by atoms with van der Waals surface area (Å²) in [5.41, 5.74) is 0. The maximum absolute atomic E-state index is 11.8. The molecule has 1 N–H and O–H groups in total. The van der Waals surface area contributed by atoms with Gasteiger partial charge in [0, 0.05) is 6.04 Å². The van der Waals surface area contributed by atoms with Gasteiger partial charge in [0.25, 0.3) is 0 Å². The Balaban J connectivity index is 4.00. The molecule has 0 aromatic carbocycles. The van der Waals surface area contributed by atoms with Crippen molar-refractivity contribution >= 4 is 5.91 Å². The minimum atomic E-state index is -4.40. The Labute approximate surface area is 93.3 Å². The zero-order valence-electron chi connectivity index (χ0n) is 9.89. The van der Waals surface area contributed by atoms with Gasteiger partial charge < -0.3 is 10.1 Å². The second-order valence-corrected chi connectivity index (χ2v) is 4.11. The molecule has 6 heteroatoms. The van der Waals surface area contributed by atoms with Crippen molar-refractivity contribution in [1.82, 2.24) is 5.32 Å². The van der Waals surface area contributed by atoms with Crippen molar-refractivity contribution in [2.45, 2.75) is 46.0 Å². The molecule has 16 heavy (non-hydrogen) atoms. The topological polar surface area (TPSA) is 38.3 Å². The smallest absolute Gasteiger partial charge is 0.359 e. The lowest BCUT2D eigenvalue weighted by atomic mass is 10.1. The second-order valence-electron chi connectivity index (χ2n) is 4.11. The van der Waals surface area contributed by atoms with Crippen LogP contribution in [0.1, 0.15) is 27.7 Å². The highest BCUT2D eigenvalue weighted by atomic mass is 19.4. The van der Waals surface area contributed by atoms with Crippen molar-refractivity contribution in [2.24, 2.45) is 5.92 Å². The largest absolute Gasteiger partial charge is 0.411 e. The zero-order chi connectivity index (χ0) is 12.9. The van der Waals surface area contributed by atoms with Crippen molar-refractivity contribution in [3.05, 3.63) is 0 Å². The molecule has 0 fully saturated rings. The van der Waals surface area contributed by atoms with E-state index in [9.17, 15) is 18.0 Å². The van der Waals surface area contributed by atoms with Gasteiger partial charge in [-0.2, -0.15) is 13.2 Å². The Hall–Kier alpha value is -0.780. The van der Waals surface area contributed by atoms with Crippen LogP contribution >= 0.6 is 0 Å². The van der Waals surface area contributed by atoms with Crippen LogP contribution in [0.15, 0.2) is 0 Å². The summed E-state index contributed by atoms with van der Waals surface area (Å²) >= 11 is 0. The van der Waals surface area contributed by atoms with Crippen LogP contribution in [-0.2, 0) is 9.53 Å². The molecule has 0 aliphatic carbocycles. The maximum Gasteiger partial charge on any atom is 0.411 e. The molecule has 0 aliphatic heterocycles. The molecular formula is C10H18F3NO2. The Morgan fingerprint density at radius 2 is 1.75 bits per heavy atom. The third kappa shape index (κ3) is 6.66. The fraction of sp³-hybridized carbons (Fsp3) is 0.900. The standard InChI is InChI=1S/C10H18F3NO2/c1-6(2)7(3)14-9(15)8(4)16-5-10(11,12)13/h6-8H,5H2,1-4H3,(H,14,15). The molecule has 0 aliphatic rings. The monoisotopic (exact) mass is 241 g/mol. The molecule has 96 valence electrons. The maximum atomic E-state index is 11.8. The van der Waals surface area contributed by atoms with E-state index in [0.717, 1.165) is 0 Å². The van der Waals surface area contributed by atoms with E-state index in [1.165, 1.54) is 6.92 Å². The quantitative estimate of drug-likeness (QED) is 0.800. The minimum absolute atomic E-state index is 0.0931. The number of carbonyl (C=O) groups is 1. The van der Waals surface area contributed by atoms with E-state index in [1.54, 1.807) is 6.92 Å². The average Bonchev–Trinajstić information content (AvgIpc) is 2.12. The van der Waals surface area contributed by atoms with E-state index in [1.807, 2.05) is 13.8 Å². The van der Waals surface area contributed by atoms with Crippen LogP contribution in [-0.4, -0.2) is 30.8 Å². The van der Waals surface area contributed by atoms with E-state index in [0.29, 0.717) is 0 Å². The molecule has 0 saturated carbocycles. The molecule has 2 unspecified atom stereocenters. The average molecular weight is 241 g/mol. The lowest BCUT2D eigenvalue weighted by Gasteiger charge is -2.20. The van der Waals surface area contributed by atoms with Gasteiger partial charge >= 0.3 is 6.18 Å². The third-order valence-electron chi connectivity index (χ3n) is 2.24. The fourth-order valence-corrected chi connectivity index (χ4v) is 0.804. The molecule has 0 bridgehead atoms. The van der Waals surface area contributed by atoms with Crippen LogP contribution in [0.5, 0.6) is 0 Å². The van der Waals surface area contributed by atoms with Gasteiger partial charge in [-0.3, -0.25) is 4.79 Å². The van der Waals surface area contributed by atoms with Gasteiger partial charge in [-0.15, -0.1) is 0 Å². The van der Waals surface area contributed by atoms with Gasteiger partial charge in [-0.05, 0) is 19.8 Å². The summed E-state index contributed by atoms with van der Waals surface area (Å²) < 4.78 is 39.9. The lowest BCUT2D eigenvalue weighted by Crippen LogP contribution is -2.43. The van der Waals surface area contributed by atoms with Gasteiger partial charge in [0.2, 0.25) is 5.91 Å². The number of halogens is 3. The number of hydrogen-bond donors (Lipinski definition) is 1. The first kappa shape index (κ1) is 15.2. The number of nitrogens with one attached hydrogen (secondary N) is 1. The number of carbonyl (C=O) groups excluding carboxylic acids is 1.